The summed E-state index contributed by atoms with van der Waals surface area (Å²) >= 11 is 0. The summed E-state index contributed by atoms with van der Waals surface area (Å²) in [5.74, 6) is -1.79. The van der Waals surface area contributed by atoms with Crippen molar-refractivity contribution >= 4 is 22.6 Å². The van der Waals surface area contributed by atoms with Crippen molar-refractivity contribution in [3.63, 3.8) is 0 Å². The van der Waals surface area contributed by atoms with Crippen LogP contribution in [0.2, 0.25) is 0 Å². The third-order valence-electron chi connectivity index (χ3n) is 7.54. The van der Waals surface area contributed by atoms with Gasteiger partial charge in [0, 0.05) is 47.6 Å². The standard InChI is InChI=1S/C33H35FN8O4/c1-33(2,3)22-14-21-16-38-42(32(46)27(21)25(34)15-22)30-24(18-43)26(9-10-36-30)41-17-23(29(35)44)28(39-41)19-7-6-8-20(13-19)31(45)37-11-12-40(4)5/h6-10,13-17,43H,11-12,18H2,1-5H3,(H2,35,44)(H,37,45). The number of pyridine rings is 1. The number of likely N-dealkylation sites (N-methyl/N-ethyl adjacent to an activating group) is 1. The lowest BCUT2D eigenvalue weighted by Crippen LogP contribution is -2.31. The fraction of sp³-hybridized carbons (Fsp3) is 0.273. The van der Waals surface area contributed by atoms with Crippen molar-refractivity contribution in [1.82, 2.24) is 34.8 Å². The molecule has 0 radical (unpaired) electrons. The van der Waals surface area contributed by atoms with E-state index in [0.717, 1.165) is 4.68 Å². The summed E-state index contributed by atoms with van der Waals surface area (Å²) in [6.07, 6.45) is 4.15. The number of hydrogen-bond donors (Lipinski definition) is 3. The van der Waals surface area contributed by atoms with Crippen LogP contribution in [0.5, 0.6) is 0 Å². The van der Waals surface area contributed by atoms with Crippen LogP contribution in [0.4, 0.5) is 4.39 Å². The Morgan fingerprint density at radius 2 is 1.89 bits per heavy atom. The molecule has 46 heavy (non-hydrogen) atoms. The topological polar surface area (TPSA) is 161 Å². The largest absolute Gasteiger partial charge is 0.391 e. The number of carbonyl (C=O) groups is 2. The fourth-order valence-electron chi connectivity index (χ4n) is 5.03. The second-order valence-electron chi connectivity index (χ2n) is 12.2. The molecule has 2 amide bonds. The van der Waals surface area contributed by atoms with Crippen LogP contribution >= 0.6 is 0 Å². The number of hydrogen-bond acceptors (Lipinski definition) is 8. The van der Waals surface area contributed by atoms with Crippen LogP contribution in [0.3, 0.4) is 0 Å². The van der Waals surface area contributed by atoms with Gasteiger partial charge in [-0.1, -0.05) is 32.9 Å². The second-order valence-corrected chi connectivity index (χ2v) is 12.2. The molecular formula is C33H35FN8O4. The Morgan fingerprint density at radius 1 is 1.13 bits per heavy atom. The van der Waals surface area contributed by atoms with Crippen LogP contribution in [-0.2, 0) is 12.0 Å². The first-order valence-corrected chi connectivity index (χ1v) is 14.5. The molecule has 3 aromatic heterocycles. The number of aromatic nitrogens is 5. The molecule has 0 aliphatic rings. The smallest absolute Gasteiger partial charge is 0.283 e. The monoisotopic (exact) mass is 626 g/mol. The minimum atomic E-state index is -0.764. The molecule has 0 saturated carbocycles. The molecule has 2 aromatic carbocycles. The first-order valence-electron chi connectivity index (χ1n) is 14.5. The van der Waals surface area contributed by atoms with E-state index in [9.17, 15) is 19.5 Å². The second kappa shape index (κ2) is 12.6. The molecule has 0 fully saturated rings. The van der Waals surface area contributed by atoms with E-state index in [1.165, 1.54) is 35.4 Å². The van der Waals surface area contributed by atoms with Gasteiger partial charge in [0.1, 0.15) is 11.5 Å². The number of nitrogens with two attached hydrogens (primary N) is 1. The number of rotatable bonds is 9. The highest BCUT2D eigenvalue weighted by Crippen LogP contribution is 2.29. The van der Waals surface area contributed by atoms with E-state index in [2.05, 4.69) is 20.5 Å². The summed E-state index contributed by atoms with van der Waals surface area (Å²) < 4.78 is 17.6. The zero-order chi connectivity index (χ0) is 33.3. The average molecular weight is 627 g/mol. The van der Waals surface area contributed by atoms with Gasteiger partial charge in [0.2, 0.25) is 0 Å². The highest BCUT2D eigenvalue weighted by Gasteiger charge is 2.23. The third kappa shape index (κ3) is 6.28. The molecule has 5 rings (SSSR count). The molecule has 0 saturated heterocycles. The van der Waals surface area contributed by atoms with Gasteiger partial charge in [0.15, 0.2) is 5.82 Å². The lowest BCUT2D eigenvalue weighted by atomic mass is 9.86. The third-order valence-corrected chi connectivity index (χ3v) is 7.54. The Balaban J connectivity index is 1.59. The molecule has 3 heterocycles. The lowest BCUT2D eigenvalue weighted by molar-refractivity contribution is 0.0950. The van der Waals surface area contributed by atoms with E-state index in [4.69, 9.17) is 5.73 Å². The number of nitrogens with one attached hydrogen (secondary N) is 1. The number of nitrogens with zero attached hydrogens (tertiary/aromatic N) is 6. The van der Waals surface area contributed by atoms with Crippen LogP contribution in [0.25, 0.3) is 33.5 Å². The zero-order valence-electron chi connectivity index (χ0n) is 26.2. The van der Waals surface area contributed by atoms with Gasteiger partial charge in [-0.05, 0) is 55.4 Å². The van der Waals surface area contributed by atoms with E-state index >= 15 is 4.39 Å². The van der Waals surface area contributed by atoms with Crippen molar-refractivity contribution < 1.29 is 19.1 Å². The number of fused-ring (bicyclic) bond motifs is 1. The average Bonchev–Trinajstić information content (AvgIpc) is 3.46. The molecule has 0 atom stereocenters. The predicted octanol–water partition coefficient (Wildman–Crippen LogP) is 2.95. The fourth-order valence-corrected chi connectivity index (χ4v) is 5.03. The Labute approximate surface area is 264 Å². The molecule has 0 aliphatic carbocycles. The van der Waals surface area contributed by atoms with Crippen molar-refractivity contribution in [1.29, 1.82) is 0 Å². The summed E-state index contributed by atoms with van der Waals surface area (Å²) in [7, 11) is 3.81. The van der Waals surface area contributed by atoms with Crippen LogP contribution in [0, 0.1) is 5.82 Å². The highest BCUT2D eigenvalue weighted by molar-refractivity contribution is 6.00. The van der Waals surface area contributed by atoms with Gasteiger partial charge in [0.05, 0.1) is 29.4 Å². The first kappa shape index (κ1) is 32.1. The maximum atomic E-state index is 15.3. The van der Waals surface area contributed by atoms with Gasteiger partial charge < -0.3 is 21.1 Å². The zero-order valence-corrected chi connectivity index (χ0v) is 26.2. The maximum absolute atomic E-state index is 15.3. The molecule has 0 bridgehead atoms. The molecular weight excluding hydrogens is 591 g/mol. The van der Waals surface area contributed by atoms with Gasteiger partial charge in [0.25, 0.3) is 17.4 Å². The molecule has 0 unspecified atom stereocenters. The number of carbonyl (C=O) groups excluding carboxylic acids is 2. The molecule has 5 aromatic rings. The molecule has 238 valence electrons. The lowest BCUT2D eigenvalue weighted by Gasteiger charge is -2.20. The van der Waals surface area contributed by atoms with Crippen molar-refractivity contribution in [2.75, 3.05) is 27.2 Å². The molecule has 4 N–H and O–H groups in total. The number of primary amides is 1. The van der Waals surface area contributed by atoms with Crippen LogP contribution < -0.4 is 16.6 Å². The Bertz CT molecular complexity index is 2030. The first-order chi connectivity index (χ1) is 21.8. The summed E-state index contributed by atoms with van der Waals surface area (Å²) in [5, 5.41) is 22.3. The van der Waals surface area contributed by atoms with Gasteiger partial charge in [-0.2, -0.15) is 14.9 Å². The van der Waals surface area contributed by atoms with Gasteiger partial charge in [-0.25, -0.2) is 14.1 Å². The van der Waals surface area contributed by atoms with Crippen molar-refractivity contribution in [2.45, 2.75) is 32.8 Å². The SMILES string of the molecule is CN(C)CCNC(=O)c1cccc(-c2nn(-c3ccnc(-n4ncc5cc(C(C)(C)C)cc(F)c5c4=O)c3CO)cc2C(N)=O)c1. The molecule has 0 aliphatic heterocycles. The van der Waals surface area contributed by atoms with Gasteiger partial charge >= 0.3 is 0 Å². The number of benzene rings is 2. The highest BCUT2D eigenvalue weighted by atomic mass is 19.1. The number of aliphatic hydroxyl groups is 1. The van der Waals surface area contributed by atoms with E-state index < -0.39 is 23.9 Å². The van der Waals surface area contributed by atoms with E-state index in [-0.39, 0.29) is 45.0 Å². The van der Waals surface area contributed by atoms with Gasteiger partial charge in [-0.15, -0.1) is 0 Å². The van der Waals surface area contributed by atoms with Crippen LogP contribution in [0.1, 0.15) is 52.6 Å². The van der Waals surface area contributed by atoms with E-state index in [0.29, 0.717) is 35.2 Å². The predicted molar refractivity (Wildman–Crippen MR) is 172 cm³/mol. The Kier molecular flexibility index (Phi) is 8.81. The van der Waals surface area contributed by atoms with Gasteiger partial charge in [-0.3, -0.25) is 14.4 Å². The van der Waals surface area contributed by atoms with E-state index in [1.54, 1.807) is 30.3 Å². The maximum Gasteiger partial charge on any atom is 0.283 e. The number of amides is 2. The van der Waals surface area contributed by atoms with Crippen LogP contribution in [-0.4, -0.2) is 73.6 Å². The minimum Gasteiger partial charge on any atom is -0.391 e. The van der Waals surface area contributed by atoms with E-state index in [1.807, 2.05) is 39.8 Å². The molecule has 0 spiro atoms. The summed E-state index contributed by atoms with van der Waals surface area (Å²) in [5.41, 5.74) is 6.84. The normalized spacial score (nSPS) is 11.7. The summed E-state index contributed by atoms with van der Waals surface area (Å²) in [6.45, 7) is 6.34. The van der Waals surface area contributed by atoms with Crippen molar-refractivity contribution in [3.8, 4) is 22.8 Å². The molecule has 13 heteroatoms. The number of aliphatic hydroxyl groups excluding tert-OH is 1. The van der Waals surface area contributed by atoms with Crippen molar-refractivity contribution in [3.05, 3.63) is 99.5 Å². The minimum absolute atomic E-state index is 0.0414. The Hall–Kier alpha value is -5.27. The number of halogens is 1. The quantitative estimate of drug-likeness (QED) is 0.225. The molecule has 12 nitrogen and oxygen atoms in total. The van der Waals surface area contributed by atoms with Crippen molar-refractivity contribution in [2.24, 2.45) is 5.73 Å². The summed E-state index contributed by atoms with van der Waals surface area (Å²) in [4.78, 5) is 45.1. The van der Waals surface area contributed by atoms with Crippen LogP contribution in [0.15, 0.2) is 65.8 Å². The Morgan fingerprint density at radius 3 is 2.57 bits per heavy atom. The summed E-state index contributed by atoms with van der Waals surface area (Å²) in [6, 6.07) is 11.2.